The van der Waals surface area contributed by atoms with Crippen molar-refractivity contribution in [1.82, 2.24) is 15.2 Å². The summed E-state index contributed by atoms with van der Waals surface area (Å²) in [5.74, 6) is 1.36. The van der Waals surface area contributed by atoms with Gasteiger partial charge in [0.25, 0.3) is 0 Å². The second kappa shape index (κ2) is 9.33. The lowest BCUT2D eigenvalue weighted by Gasteiger charge is -2.38. The summed E-state index contributed by atoms with van der Waals surface area (Å²) >= 11 is 1.45. The molecule has 0 radical (unpaired) electrons. The third-order valence-electron chi connectivity index (χ3n) is 6.93. The first kappa shape index (κ1) is 23.2. The van der Waals surface area contributed by atoms with E-state index in [0.717, 1.165) is 45.0 Å². The first-order valence-electron chi connectivity index (χ1n) is 12.2. The van der Waals surface area contributed by atoms with Gasteiger partial charge in [0.2, 0.25) is 5.91 Å². The Hall–Kier alpha value is -4.23. The van der Waals surface area contributed by atoms with Gasteiger partial charge in [-0.05, 0) is 23.3 Å². The maximum Gasteiger partial charge on any atom is 0.232 e. The topological polar surface area (TPSA) is 79.9 Å². The number of rotatable bonds is 6. The summed E-state index contributed by atoms with van der Waals surface area (Å²) in [5, 5.41) is 12.6. The number of aromatic amines is 1. The number of para-hydroxylation sites is 2. The fourth-order valence-corrected chi connectivity index (χ4v) is 5.66. The number of amides is 1. The third kappa shape index (κ3) is 4.42. The molecule has 7 heteroatoms. The Morgan fingerprint density at radius 2 is 1.65 bits per heavy atom. The normalized spacial score (nSPS) is 12.9. The molecule has 2 N–H and O–H groups in total. The van der Waals surface area contributed by atoms with E-state index in [-0.39, 0.29) is 11.8 Å². The number of carbonyl (C=O) groups is 1. The number of aromatic nitrogens is 3. The van der Waals surface area contributed by atoms with Crippen molar-refractivity contribution in [3.63, 3.8) is 0 Å². The summed E-state index contributed by atoms with van der Waals surface area (Å²) in [5.41, 5.74) is 5.54. The highest BCUT2D eigenvalue weighted by Crippen LogP contribution is 2.52. The van der Waals surface area contributed by atoms with Crippen LogP contribution in [0.2, 0.25) is 0 Å². The monoisotopic (exact) mass is 506 g/mol. The predicted molar refractivity (Wildman–Crippen MR) is 146 cm³/mol. The van der Waals surface area contributed by atoms with Gasteiger partial charge in [0.1, 0.15) is 11.5 Å². The minimum absolute atomic E-state index is 0.0747. The molecule has 0 spiro atoms. The van der Waals surface area contributed by atoms with E-state index in [1.807, 2.05) is 80.2 Å². The van der Waals surface area contributed by atoms with Crippen LogP contribution in [0.4, 0.5) is 5.13 Å². The molecule has 6 rings (SSSR count). The molecular weight excluding hydrogens is 480 g/mol. The summed E-state index contributed by atoms with van der Waals surface area (Å²) in [4.78, 5) is 18.4. The minimum Gasteiger partial charge on any atom is -0.457 e. The Balaban J connectivity index is 1.20. The lowest BCUT2D eigenvalue weighted by Crippen LogP contribution is -2.38. The van der Waals surface area contributed by atoms with Crippen LogP contribution in [-0.2, 0) is 11.2 Å². The molecule has 2 aromatic heterocycles. The van der Waals surface area contributed by atoms with Gasteiger partial charge < -0.3 is 10.1 Å². The number of anilines is 1. The molecule has 1 aliphatic heterocycles. The van der Waals surface area contributed by atoms with Gasteiger partial charge in [-0.25, -0.2) is 4.98 Å². The van der Waals surface area contributed by atoms with Crippen molar-refractivity contribution < 1.29 is 9.53 Å². The summed E-state index contributed by atoms with van der Waals surface area (Å²) in [6.45, 7) is 3.98. The number of benzene rings is 3. The molecule has 1 aliphatic rings. The van der Waals surface area contributed by atoms with Gasteiger partial charge in [-0.1, -0.05) is 74.5 Å². The minimum atomic E-state index is -0.745. The standard InChI is InChI=1S/C30H26N4O2S/c1-30(2,27-23-7-3-5-9-25(23)36-26-10-6-4-8-24(26)27)28(35)34-29-33-22(18-37-29)15-19-11-13-20(14-12-19)21-16-31-32-17-21/h3-14,16-18,27H,15H2,1-2H3,(H,31,32)(H,33,34,35). The zero-order valence-electron chi connectivity index (χ0n) is 20.6. The smallest absolute Gasteiger partial charge is 0.232 e. The molecule has 3 heterocycles. The summed E-state index contributed by atoms with van der Waals surface area (Å²) in [7, 11) is 0. The van der Waals surface area contributed by atoms with Crippen LogP contribution in [0.25, 0.3) is 11.1 Å². The van der Waals surface area contributed by atoms with E-state index in [4.69, 9.17) is 9.72 Å². The van der Waals surface area contributed by atoms with Gasteiger partial charge in [-0.15, -0.1) is 11.3 Å². The second-order valence-corrected chi connectivity index (χ2v) is 10.6. The molecule has 6 nitrogen and oxygen atoms in total. The SMILES string of the molecule is CC(C)(C(=O)Nc1nc(Cc2ccc(-c3cn[nH]c3)cc2)cs1)C1c2ccccc2Oc2ccccc21. The Labute approximate surface area is 219 Å². The zero-order valence-corrected chi connectivity index (χ0v) is 21.4. The number of carbonyl (C=O) groups excluding carboxylic acids is 1. The van der Waals surface area contributed by atoms with Crippen LogP contribution in [0.3, 0.4) is 0 Å². The van der Waals surface area contributed by atoms with Gasteiger partial charge in [0.15, 0.2) is 5.13 Å². The highest BCUT2D eigenvalue weighted by atomic mass is 32.1. The van der Waals surface area contributed by atoms with Crippen molar-refractivity contribution in [2.75, 3.05) is 5.32 Å². The quantitative estimate of drug-likeness (QED) is 0.259. The van der Waals surface area contributed by atoms with Crippen LogP contribution in [0.5, 0.6) is 11.5 Å². The number of thiazole rings is 1. The molecule has 0 aliphatic carbocycles. The molecule has 0 bridgehead atoms. The van der Waals surface area contributed by atoms with E-state index in [0.29, 0.717) is 11.6 Å². The number of ether oxygens (including phenoxy) is 1. The maximum atomic E-state index is 13.7. The fraction of sp³-hybridized carbons (Fsp3) is 0.167. The number of fused-ring (bicyclic) bond motifs is 2. The molecule has 0 saturated heterocycles. The Bertz CT molecular complexity index is 1510. The average molecular weight is 507 g/mol. The molecule has 1 amide bonds. The van der Waals surface area contributed by atoms with E-state index in [1.165, 1.54) is 11.3 Å². The Morgan fingerprint density at radius 3 is 2.30 bits per heavy atom. The van der Waals surface area contributed by atoms with E-state index in [2.05, 4.69) is 39.8 Å². The van der Waals surface area contributed by atoms with E-state index in [1.54, 1.807) is 0 Å². The average Bonchev–Trinajstić information content (AvgIpc) is 3.60. The van der Waals surface area contributed by atoms with Gasteiger partial charge >= 0.3 is 0 Å². The van der Waals surface area contributed by atoms with Crippen molar-refractivity contribution >= 4 is 22.4 Å². The fourth-order valence-electron chi connectivity index (χ4n) is 4.96. The third-order valence-corrected chi connectivity index (χ3v) is 7.74. The molecule has 5 aromatic rings. The first-order valence-corrected chi connectivity index (χ1v) is 13.1. The molecule has 0 fully saturated rings. The van der Waals surface area contributed by atoms with Gasteiger partial charge in [-0.3, -0.25) is 9.89 Å². The number of nitrogens with zero attached hydrogens (tertiary/aromatic N) is 2. The van der Waals surface area contributed by atoms with Crippen molar-refractivity contribution in [2.24, 2.45) is 5.41 Å². The van der Waals surface area contributed by atoms with E-state index < -0.39 is 5.41 Å². The van der Waals surface area contributed by atoms with Crippen LogP contribution >= 0.6 is 11.3 Å². The lowest BCUT2D eigenvalue weighted by molar-refractivity contribution is -0.124. The molecule has 0 atom stereocenters. The van der Waals surface area contributed by atoms with Crippen LogP contribution in [0.1, 0.15) is 42.1 Å². The second-order valence-electron chi connectivity index (χ2n) is 9.79. The van der Waals surface area contributed by atoms with Crippen molar-refractivity contribution in [1.29, 1.82) is 0 Å². The number of hydrogen-bond donors (Lipinski definition) is 2. The van der Waals surface area contributed by atoms with Gasteiger partial charge in [0.05, 0.1) is 17.3 Å². The zero-order chi connectivity index (χ0) is 25.4. The summed E-state index contributed by atoms with van der Waals surface area (Å²) in [6, 6.07) is 24.3. The van der Waals surface area contributed by atoms with Gasteiger partial charge in [0, 0.05) is 40.6 Å². The molecule has 3 aromatic carbocycles. The Morgan fingerprint density at radius 1 is 0.973 bits per heavy atom. The van der Waals surface area contributed by atoms with Crippen molar-refractivity contribution in [3.8, 4) is 22.6 Å². The number of hydrogen-bond acceptors (Lipinski definition) is 5. The summed E-state index contributed by atoms with van der Waals surface area (Å²) < 4.78 is 6.14. The van der Waals surface area contributed by atoms with Crippen LogP contribution in [-0.4, -0.2) is 21.1 Å². The van der Waals surface area contributed by atoms with E-state index >= 15 is 0 Å². The maximum absolute atomic E-state index is 13.7. The molecule has 0 saturated carbocycles. The molecule has 184 valence electrons. The van der Waals surface area contributed by atoms with Crippen LogP contribution in [0, 0.1) is 5.41 Å². The molecule has 37 heavy (non-hydrogen) atoms. The van der Waals surface area contributed by atoms with E-state index in [9.17, 15) is 4.79 Å². The van der Waals surface area contributed by atoms with Crippen LogP contribution in [0.15, 0.2) is 90.6 Å². The van der Waals surface area contributed by atoms with Crippen LogP contribution < -0.4 is 10.1 Å². The number of nitrogens with one attached hydrogen (secondary N) is 2. The first-order chi connectivity index (χ1) is 18.0. The summed E-state index contributed by atoms with van der Waals surface area (Å²) in [6.07, 6.45) is 4.38. The highest BCUT2D eigenvalue weighted by molar-refractivity contribution is 7.13. The van der Waals surface area contributed by atoms with Crippen molar-refractivity contribution in [3.05, 3.63) is 113 Å². The Kier molecular flexibility index (Phi) is 5.85. The molecule has 0 unspecified atom stereocenters. The van der Waals surface area contributed by atoms with Gasteiger partial charge in [-0.2, -0.15) is 5.10 Å². The lowest BCUT2D eigenvalue weighted by atomic mass is 9.69. The largest absolute Gasteiger partial charge is 0.457 e. The number of H-pyrrole nitrogens is 1. The van der Waals surface area contributed by atoms with Crippen molar-refractivity contribution in [2.45, 2.75) is 26.2 Å². The molecular formula is C30H26N4O2S. The predicted octanol–water partition coefficient (Wildman–Crippen LogP) is 7.03. The highest BCUT2D eigenvalue weighted by Gasteiger charge is 2.43.